The summed E-state index contributed by atoms with van der Waals surface area (Å²) in [6.07, 6.45) is 1.23. The van der Waals surface area contributed by atoms with Gasteiger partial charge in [-0.25, -0.2) is 9.78 Å². The minimum Gasteiger partial charge on any atom is -0.465 e. The quantitative estimate of drug-likeness (QED) is 0.184. The van der Waals surface area contributed by atoms with Crippen LogP contribution >= 0.6 is 0 Å². The van der Waals surface area contributed by atoms with Crippen LogP contribution in [0.5, 0.6) is 0 Å². The van der Waals surface area contributed by atoms with E-state index in [-0.39, 0.29) is 23.7 Å². The molecule has 2 amide bonds. The monoisotopic (exact) mass is 577 g/mol. The van der Waals surface area contributed by atoms with Crippen molar-refractivity contribution >= 4 is 17.8 Å². The lowest BCUT2D eigenvalue weighted by molar-refractivity contribution is -0.131. The number of fused-ring (bicyclic) bond motifs is 1. The maximum absolute atomic E-state index is 13.9. The molecule has 0 unspecified atom stereocenters. The van der Waals surface area contributed by atoms with Crippen LogP contribution in [-0.4, -0.2) is 37.4 Å². The third-order valence-electron chi connectivity index (χ3n) is 7.86. The SMILES string of the molecule is CCCCc1nc(C)c(CC(=O)N2Cc3ccccc3C2)c(=O)n1Cc1ccc(-c2ccccc2C(=N)NC(=O)O)cc1. The Morgan fingerprint density at radius 2 is 1.63 bits per heavy atom. The van der Waals surface area contributed by atoms with Crippen molar-refractivity contribution in [2.24, 2.45) is 0 Å². The van der Waals surface area contributed by atoms with Crippen molar-refractivity contribution in [3.8, 4) is 11.1 Å². The van der Waals surface area contributed by atoms with E-state index in [1.54, 1.807) is 21.6 Å². The number of nitrogens with one attached hydrogen (secondary N) is 2. The average Bonchev–Trinajstić information content (AvgIpc) is 3.44. The number of aromatic nitrogens is 2. The van der Waals surface area contributed by atoms with E-state index < -0.39 is 6.09 Å². The number of aryl methyl sites for hydroxylation is 2. The lowest BCUT2D eigenvalue weighted by atomic mass is 9.98. The highest BCUT2D eigenvalue weighted by Crippen LogP contribution is 2.25. The second-order valence-corrected chi connectivity index (χ2v) is 10.8. The minimum absolute atomic E-state index is 0.00573. The predicted molar refractivity (Wildman–Crippen MR) is 165 cm³/mol. The molecule has 1 aromatic heterocycles. The van der Waals surface area contributed by atoms with E-state index in [0.717, 1.165) is 40.7 Å². The Kier molecular flexibility index (Phi) is 8.80. The number of hydrogen-bond acceptors (Lipinski definition) is 5. The molecule has 0 fully saturated rings. The fourth-order valence-electron chi connectivity index (χ4n) is 5.52. The van der Waals surface area contributed by atoms with Crippen LogP contribution in [-0.2, 0) is 37.3 Å². The van der Waals surface area contributed by atoms with E-state index in [0.29, 0.717) is 48.7 Å². The van der Waals surface area contributed by atoms with Gasteiger partial charge < -0.3 is 10.0 Å². The molecule has 0 saturated carbocycles. The van der Waals surface area contributed by atoms with Crippen LogP contribution in [0, 0.1) is 12.3 Å². The maximum atomic E-state index is 13.9. The summed E-state index contributed by atoms with van der Waals surface area (Å²) in [6.45, 7) is 5.31. The van der Waals surface area contributed by atoms with Crippen LogP contribution in [0.2, 0.25) is 0 Å². The van der Waals surface area contributed by atoms with Gasteiger partial charge in [-0.05, 0) is 41.2 Å². The van der Waals surface area contributed by atoms with E-state index in [2.05, 4.69) is 12.2 Å². The summed E-state index contributed by atoms with van der Waals surface area (Å²) in [5.41, 5.74) is 6.00. The van der Waals surface area contributed by atoms with Gasteiger partial charge in [0.25, 0.3) is 5.56 Å². The number of benzene rings is 3. The largest absolute Gasteiger partial charge is 0.465 e. The lowest BCUT2D eigenvalue weighted by Crippen LogP contribution is -2.34. The molecular weight excluding hydrogens is 542 g/mol. The fraction of sp³-hybridized carbons (Fsp3) is 0.265. The van der Waals surface area contributed by atoms with Gasteiger partial charge in [-0.3, -0.25) is 24.9 Å². The number of carboxylic acid groups (broad SMARTS) is 1. The van der Waals surface area contributed by atoms with Crippen molar-refractivity contribution in [2.75, 3.05) is 0 Å². The normalized spacial score (nSPS) is 12.2. The number of unbranched alkanes of at least 4 members (excludes halogenated alkanes) is 1. The molecule has 43 heavy (non-hydrogen) atoms. The van der Waals surface area contributed by atoms with Gasteiger partial charge in [0, 0.05) is 36.3 Å². The number of rotatable bonds is 9. The summed E-state index contributed by atoms with van der Waals surface area (Å²) in [6, 6.07) is 22.8. The summed E-state index contributed by atoms with van der Waals surface area (Å²) in [4.78, 5) is 44.9. The molecule has 1 aliphatic rings. The van der Waals surface area contributed by atoms with E-state index in [1.165, 1.54) is 0 Å². The Labute approximate surface area is 250 Å². The van der Waals surface area contributed by atoms with Gasteiger partial charge in [-0.15, -0.1) is 0 Å². The second-order valence-electron chi connectivity index (χ2n) is 10.8. The Morgan fingerprint density at radius 1 is 0.977 bits per heavy atom. The fourth-order valence-corrected chi connectivity index (χ4v) is 5.52. The van der Waals surface area contributed by atoms with Gasteiger partial charge in [0.05, 0.1) is 13.0 Å². The van der Waals surface area contributed by atoms with Gasteiger partial charge in [0.2, 0.25) is 5.91 Å². The molecule has 2 heterocycles. The van der Waals surface area contributed by atoms with Crippen LogP contribution in [0.4, 0.5) is 4.79 Å². The van der Waals surface area contributed by atoms with Gasteiger partial charge in [-0.2, -0.15) is 0 Å². The molecule has 0 saturated heterocycles. The molecule has 3 aromatic carbocycles. The number of carbonyl (C=O) groups is 2. The number of hydrogen-bond donors (Lipinski definition) is 3. The summed E-state index contributed by atoms with van der Waals surface area (Å²) in [5.74, 6) is 0.415. The molecule has 0 spiro atoms. The standard InChI is InChI=1S/C34H35N5O4/c1-3-4-13-30-36-22(2)29(18-31(40)38-20-25-9-5-6-10-26(25)21-38)33(41)39(30)19-23-14-16-24(17-15-23)27-11-7-8-12-28(27)32(35)37-34(42)43/h5-12,14-17H,3-4,13,18-21H2,1-2H3,(H2,35,37)(H,42,43). The second kappa shape index (κ2) is 12.9. The van der Waals surface area contributed by atoms with Gasteiger partial charge >= 0.3 is 6.09 Å². The molecule has 3 N–H and O–H groups in total. The van der Waals surface area contributed by atoms with Crippen molar-refractivity contribution in [2.45, 2.75) is 59.2 Å². The summed E-state index contributed by atoms with van der Waals surface area (Å²) in [5, 5.41) is 19.3. The molecule has 0 atom stereocenters. The first-order valence-electron chi connectivity index (χ1n) is 14.5. The van der Waals surface area contributed by atoms with Gasteiger partial charge in [0.1, 0.15) is 11.7 Å². The number of nitrogens with zero attached hydrogens (tertiary/aromatic N) is 3. The zero-order valence-electron chi connectivity index (χ0n) is 24.4. The first-order chi connectivity index (χ1) is 20.7. The van der Waals surface area contributed by atoms with E-state index >= 15 is 0 Å². The topological polar surface area (TPSA) is 128 Å². The summed E-state index contributed by atoms with van der Waals surface area (Å²) >= 11 is 0. The highest BCUT2D eigenvalue weighted by atomic mass is 16.4. The van der Waals surface area contributed by atoms with Crippen LogP contribution in [0.25, 0.3) is 11.1 Å². The van der Waals surface area contributed by atoms with Crippen LogP contribution in [0.3, 0.4) is 0 Å². The molecule has 4 aromatic rings. The van der Waals surface area contributed by atoms with E-state index in [4.69, 9.17) is 15.5 Å². The Hall–Kier alpha value is -5.05. The average molecular weight is 578 g/mol. The molecule has 9 heteroatoms. The van der Waals surface area contributed by atoms with E-state index in [1.807, 2.05) is 67.6 Å². The van der Waals surface area contributed by atoms with Crippen molar-refractivity contribution in [1.29, 1.82) is 5.41 Å². The third-order valence-corrected chi connectivity index (χ3v) is 7.86. The first kappa shape index (κ1) is 29.4. The number of amidine groups is 1. The zero-order chi connectivity index (χ0) is 30.5. The van der Waals surface area contributed by atoms with Crippen molar-refractivity contribution in [3.05, 3.63) is 122 Å². The minimum atomic E-state index is -1.29. The van der Waals surface area contributed by atoms with Gasteiger partial charge in [0.15, 0.2) is 0 Å². The number of amides is 2. The molecule has 0 aliphatic carbocycles. The van der Waals surface area contributed by atoms with Crippen LogP contribution in [0.1, 0.15) is 59.1 Å². The smallest absolute Gasteiger partial charge is 0.410 e. The molecule has 5 rings (SSSR count). The molecule has 9 nitrogen and oxygen atoms in total. The van der Waals surface area contributed by atoms with Crippen LogP contribution in [0.15, 0.2) is 77.6 Å². The maximum Gasteiger partial charge on any atom is 0.410 e. The predicted octanol–water partition coefficient (Wildman–Crippen LogP) is 5.29. The van der Waals surface area contributed by atoms with Crippen molar-refractivity contribution in [3.63, 3.8) is 0 Å². The van der Waals surface area contributed by atoms with Gasteiger partial charge in [-0.1, -0.05) is 86.1 Å². The molecule has 0 radical (unpaired) electrons. The summed E-state index contributed by atoms with van der Waals surface area (Å²) in [7, 11) is 0. The molecule has 1 aliphatic heterocycles. The highest BCUT2D eigenvalue weighted by Gasteiger charge is 2.25. The van der Waals surface area contributed by atoms with Crippen molar-refractivity contribution in [1.82, 2.24) is 19.8 Å². The molecule has 0 bridgehead atoms. The highest BCUT2D eigenvalue weighted by molar-refractivity contribution is 6.08. The number of carbonyl (C=O) groups excluding carboxylic acids is 1. The molecular formula is C34H35N5O4. The van der Waals surface area contributed by atoms with E-state index in [9.17, 15) is 14.4 Å². The van der Waals surface area contributed by atoms with Crippen LogP contribution < -0.4 is 10.9 Å². The molecule has 220 valence electrons. The lowest BCUT2D eigenvalue weighted by Gasteiger charge is -2.19. The Bertz CT molecular complexity index is 1720. The zero-order valence-corrected chi connectivity index (χ0v) is 24.4. The summed E-state index contributed by atoms with van der Waals surface area (Å²) < 4.78 is 1.69. The Morgan fingerprint density at radius 3 is 2.28 bits per heavy atom. The van der Waals surface area contributed by atoms with Crippen molar-refractivity contribution < 1.29 is 14.7 Å². The Balaban J connectivity index is 1.41. The third kappa shape index (κ3) is 6.56. The first-order valence-corrected chi connectivity index (χ1v) is 14.5.